The first kappa shape index (κ1) is 10.7. The quantitative estimate of drug-likeness (QED) is 0.762. The third-order valence-corrected chi connectivity index (χ3v) is 3.33. The summed E-state index contributed by atoms with van der Waals surface area (Å²) < 4.78 is 30.2. The summed E-state index contributed by atoms with van der Waals surface area (Å²) in [5.41, 5.74) is 1.24. The molecule has 0 N–H and O–H groups in total. The van der Waals surface area contributed by atoms with E-state index in [9.17, 15) is 8.78 Å². The van der Waals surface area contributed by atoms with Gasteiger partial charge in [-0.25, -0.2) is 8.78 Å². The Bertz CT molecular complexity index is 484. The fourth-order valence-electron chi connectivity index (χ4n) is 1.19. The maximum atomic E-state index is 13.4. The number of rotatable bonds is 2. The van der Waals surface area contributed by atoms with Gasteiger partial charge < -0.3 is 0 Å². The highest BCUT2D eigenvalue weighted by molar-refractivity contribution is 9.08. The van der Waals surface area contributed by atoms with Crippen molar-refractivity contribution in [1.29, 1.82) is 0 Å². The van der Waals surface area contributed by atoms with Crippen molar-refractivity contribution < 1.29 is 8.78 Å². The van der Waals surface area contributed by atoms with Crippen LogP contribution in [-0.2, 0) is 5.33 Å². The summed E-state index contributed by atoms with van der Waals surface area (Å²) in [6, 6.07) is 5.33. The zero-order valence-electron chi connectivity index (χ0n) is 7.51. The standard InChI is InChI=1S/C10H6BrF2NS/c11-5-7-4-10(15-14-7)8-2-1-6(12)3-9(8)13/h1-4H,5H2. The molecule has 1 aromatic carbocycles. The summed E-state index contributed by atoms with van der Waals surface area (Å²) >= 11 is 4.47. The van der Waals surface area contributed by atoms with Crippen molar-refractivity contribution in [2.75, 3.05) is 0 Å². The fourth-order valence-corrected chi connectivity index (χ4v) is 2.43. The molecule has 0 aliphatic heterocycles. The van der Waals surface area contributed by atoms with Crippen molar-refractivity contribution in [3.05, 3.63) is 41.6 Å². The summed E-state index contributed by atoms with van der Waals surface area (Å²) in [6.07, 6.45) is 0. The summed E-state index contributed by atoms with van der Waals surface area (Å²) in [7, 11) is 0. The van der Waals surface area contributed by atoms with E-state index in [0.717, 1.165) is 11.8 Å². The maximum Gasteiger partial charge on any atom is 0.134 e. The molecule has 15 heavy (non-hydrogen) atoms. The molecule has 2 aromatic rings. The van der Waals surface area contributed by atoms with Crippen molar-refractivity contribution in [1.82, 2.24) is 4.37 Å². The SMILES string of the molecule is Fc1ccc(-c2cc(CBr)ns2)c(F)c1. The van der Waals surface area contributed by atoms with E-state index in [1.165, 1.54) is 23.7 Å². The van der Waals surface area contributed by atoms with Crippen LogP contribution in [0, 0.1) is 11.6 Å². The van der Waals surface area contributed by atoms with Gasteiger partial charge in [0.25, 0.3) is 0 Å². The Kier molecular flexibility index (Phi) is 3.11. The summed E-state index contributed by atoms with van der Waals surface area (Å²) in [4.78, 5) is 0.710. The number of halogens is 3. The average Bonchev–Trinajstić information content (AvgIpc) is 2.66. The Morgan fingerprint density at radius 2 is 2.07 bits per heavy atom. The molecule has 2 rings (SSSR count). The Morgan fingerprint density at radius 3 is 2.67 bits per heavy atom. The lowest BCUT2D eigenvalue weighted by molar-refractivity contribution is 0.586. The molecule has 0 fully saturated rings. The van der Waals surface area contributed by atoms with Gasteiger partial charge in [0, 0.05) is 17.0 Å². The molecule has 1 heterocycles. The van der Waals surface area contributed by atoms with Gasteiger partial charge in [0.1, 0.15) is 11.6 Å². The molecule has 0 bridgehead atoms. The second kappa shape index (κ2) is 4.37. The Morgan fingerprint density at radius 1 is 1.27 bits per heavy atom. The van der Waals surface area contributed by atoms with Gasteiger partial charge in [-0.2, -0.15) is 4.37 Å². The number of hydrogen-bond donors (Lipinski definition) is 0. The lowest BCUT2D eigenvalue weighted by Crippen LogP contribution is -1.83. The third-order valence-electron chi connectivity index (χ3n) is 1.89. The van der Waals surface area contributed by atoms with Crippen molar-refractivity contribution in [3.8, 4) is 10.4 Å². The van der Waals surface area contributed by atoms with E-state index in [-0.39, 0.29) is 0 Å². The van der Waals surface area contributed by atoms with E-state index in [1.54, 1.807) is 6.07 Å². The van der Waals surface area contributed by atoms with Crippen LogP contribution in [-0.4, -0.2) is 4.37 Å². The normalized spacial score (nSPS) is 10.6. The van der Waals surface area contributed by atoms with Gasteiger partial charge in [0.15, 0.2) is 0 Å². The Balaban J connectivity index is 2.44. The van der Waals surface area contributed by atoms with Gasteiger partial charge in [-0.3, -0.25) is 0 Å². The molecule has 0 spiro atoms. The van der Waals surface area contributed by atoms with E-state index in [4.69, 9.17) is 0 Å². The predicted molar refractivity (Wildman–Crippen MR) is 60.1 cm³/mol. The molecule has 0 unspecified atom stereocenters. The minimum absolute atomic E-state index is 0.390. The average molecular weight is 290 g/mol. The number of aromatic nitrogens is 1. The van der Waals surface area contributed by atoms with Crippen LogP contribution in [0.25, 0.3) is 10.4 Å². The maximum absolute atomic E-state index is 13.4. The van der Waals surface area contributed by atoms with Crippen LogP contribution in [0.15, 0.2) is 24.3 Å². The summed E-state index contributed by atoms with van der Waals surface area (Å²) in [6.45, 7) is 0. The minimum Gasteiger partial charge on any atom is -0.207 e. The first-order valence-corrected chi connectivity index (χ1v) is 6.07. The Hall–Kier alpha value is -0.810. The predicted octanol–water partition coefficient (Wildman–Crippen LogP) is 3.98. The van der Waals surface area contributed by atoms with Crippen LogP contribution in [0.1, 0.15) is 5.69 Å². The second-order valence-electron chi connectivity index (χ2n) is 2.94. The zero-order valence-corrected chi connectivity index (χ0v) is 9.91. The lowest BCUT2D eigenvalue weighted by atomic mass is 10.1. The number of hydrogen-bond acceptors (Lipinski definition) is 2. The second-order valence-corrected chi connectivity index (χ2v) is 4.31. The molecular formula is C10H6BrF2NS. The number of nitrogens with zero attached hydrogens (tertiary/aromatic N) is 1. The molecule has 0 atom stereocenters. The van der Waals surface area contributed by atoms with E-state index in [0.29, 0.717) is 15.8 Å². The monoisotopic (exact) mass is 289 g/mol. The molecule has 0 radical (unpaired) electrons. The zero-order chi connectivity index (χ0) is 10.8. The van der Waals surface area contributed by atoms with Crippen LogP contribution in [0.3, 0.4) is 0 Å². The topological polar surface area (TPSA) is 12.9 Å². The highest BCUT2D eigenvalue weighted by atomic mass is 79.9. The molecule has 78 valence electrons. The highest BCUT2D eigenvalue weighted by Gasteiger charge is 2.09. The minimum atomic E-state index is -0.568. The van der Waals surface area contributed by atoms with Gasteiger partial charge in [-0.05, 0) is 29.7 Å². The van der Waals surface area contributed by atoms with E-state index in [1.807, 2.05) is 0 Å². The van der Waals surface area contributed by atoms with Crippen molar-refractivity contribution >= 4 is 27.5 Å². The Labute approximate surface area is 98.1 Å². The molecular weight excluding hydrogens is 284 g/mol. The van der Waals surface area contributed by atoms with Gasteiger partial charge in [-0.15, -0.1) is 0 Å². The number of alkyl halides is 1. The lowest BCUT2D eigenvalue weighted by Gasteiger charge is -1.98. The summed E-state index contributed by atoms with van der Waals surface area (Å²) in [5, 5.41) is 0.631. The van der Waals surface area contributed by atoms with Crippen LogP contribution >= 0.6 is 27.5 Å². The van der Waals surface area contributed by atoms with Crippen molar-refractivity contribution in [3.63, 3.8) is 0 Å². The fraction of sp³-hybridized carbons (Fsp3) is 0.100. The first-order valence-electron chi connectivity index (χ1n) is 4.17. The molecule has 0 amide bonds. The molecule has 1 nitrogen and oxygen atoms in total. The van der Waals surface area contributed by atoms with Gasteiger partial charge in [-0.1, -0.05) is 15.9 Å². The van der Waals surface area contributed by atoms with Crippen LogP contribution < -0.4 is 0 Å². The molecule has 0 aliphatic carbocycles. The number of benzene rings is 1. The van der Waals surface area contributed by atoms with Gasteiger partial charge >= 0.3 is 0 Å². The van der Waals surface area contributed by atoms with E-state index < -0.39 is 11.6 Å². The van der Waals surface area contributed by atoms with Gasteiger partial charge in [0.05, 0.1) is 10.6 Å². The van der Waals surface area contributed by atoms with Gasteiger partial charge in [0.2, 0.25) is 0 Å². The van der Waals surface area contributed by atoms with E-state index >= 15 is 0 Å². The van der Waals surface area contributed by atoms with Crippen LogP contribution in [0.5, 0.6) is 0 Å². The summed E-state index contributed by atoms with van der Waals surface area (Å²) in [5.74, 6) is -1.12. The van der Waals surface area contributed by atoms with Crippen molar-refractivity contribution in [2.45, 2.75) is 5.33 Å². The van der Waals surface area contributed by atoms with E-state index in [2.05, 4.69) is 20.3 Å². The third kappa shape index (κ3) is 2.23. The van der Waals surface area contributed by atoms with Crippen LogP contribution in [0.2, 0.25) is 0 Å². The molecule has 1 aromatic heterocycles. The molecule has 0 saturated heterocycles. The molecule has 0 aliphatic rings. The first-order chi connectivity index (χ1) is 7.20. The highest BCUT2D eigenvalue weighted by Crippen LogP contribution is 2.28. The smallest absolute Gasteiger partial charge is 0.134 e. The molecule has 0 saturated carbocycles. The van der Waals surface area contributed by atoms with Crippen molar-refractivity contribution in [2.24, 2.45) is 0 Å². The molecule has 5 heteroatoms. The largest absolute Gasteiger partial charge is 0.207 e. The van der Waals surface area contributed by atoms with Crippen LogP contribution in [0.4, 0.5) is 8.78 Å².